The zero-order valence-electron chi connectivity index (χ0n) is 21.1. The van der Waals surface area contributed by atoms with Gasteiger partial charge in [-0.2, -0.15) is 0 Å². The highest BCUT2D eigenvalue weighted by atomic mass is 32.1. The van der Waals surface area contributed by atoms with Crippen LogP contribution in [0.1, 0.15) is 42.4 Å². The summed E-state index contributed by atoms with van der Waals surface area (Å²) in [5.41, 5.74) is 10.2. The maximum absolute atomic E-state index is 13.6. The van der Waals surface area contributed by atoms with Crippen molar-refractivity contribution in [3.63, 3.8) is 0 Å². The molecule has 0 fully saturated rings. The van der Waals surface area contributed by atoms with Gasteiger partial charge in [0.15, 0.2) is 5.78 Å². The summed E-state index contributed by atoms with van der Waals surface area (Å²) in [6.45, 7) is 7.62. The third-order valence-electron chi connectivity index (χ3n) is 8.36. The third kappa shape index (κ3) is 2.68. The zero-order chi connectivity index (χ0) is 27.0. The molecule has 184 valence electrons. The van der Waals surface area contributed by atoms with Crippen molar-refractivity contribution in [3.05, 3.63) is 163 Å². The van der Waals surface area contributed by atoms with Crippen LogP contribution in [0.5, 0.6) is 0 Å². The van der Waals surface area contributed by atoms with Crippen molar-refractivity contribution < 1.29 is 4.79 Å². The van der Waals surface area contributed by atoms with Crippen LogP contribution < -0.4 is 0 Å². The van der Waals surface area contributed by atoms with Crippen molar-refractivity contribution in [1.82, 2.24) is 0 Å². The summed E-state index contributed by atoms with van der Waals surface area (Å²) in [4.78, 5) is 19.2. The van der Waals surface area contributed by atoms with Crippen LogP contribution in [0.15, 0.2) is 114 Å². The van der Waals surface area contributed by atoms with E-state index in [1.165, 1.54) is 38.3 Å². The lowest BCUT2D eigenvalue weighted by atomic mass is 9.74. The Morgan fingerprint density at radius 1 is 0.750 bits per heavy atom. The van der Waals surface area contributed by atoms with Crippen molar-refractivity contribution in [2.24, 2.45) is 0 Å². The first-order valence-corrected chi connectivity index (χ1v) is 13.8. The quantitative estimate of drug-likeness (QED) is 0.122. The topological polar surface area (TPSA) is 45.2 Å². The van der Waals surface area contributed by atoms with Gasteiger partial charge in [-0.1, -0.05) is 97.1 Å². The number of nitriles is 1. The summed E-state index contributed by atoms with van der Waals surface area (Å²) in [5.74, 6) is -0.151. The Hall–Kier alpha value is -5.29. The van der Waals surface area contributed by atoms with Crippen molar-refractivity contribution in [3.8, 4) is 28.3 Å². The van der Waals surface area contributed by atoms with Gasteiger partial charge in [0.2, 0.25) is 0 Å². The first-order chi connectivity index (χ1) is 19.7. The van der Waals surface area contributed by atoms with Gasteiger partial charge in [-0.15, -0.1) is 11.3 Å². The normalized spacial score (nSPS) is 17.1. The van der Waals surface area contributed by atoms with E-state index in [0.717, 1.165) is 10.4 Å². The summed E-state index contributed by atoms with van der Waals surface area (Å²) in [6.07, 6.45) is 1.88. The molecule has 0 radical (unpaired) electrons. The molecule has 4 heteroatoms. The van der Waals surface area contributed by atoms with Crippen LogP contribution in [0.3, 0.4) is 0 Å². The molecule has 40 heavy (non-hydrogen) atoms. The molecule has 3 aliphatic rings. The van der Waals surface area contributed by atoms with Crippen LogP contribution in [0.4, 0.5) is 0 Å². The fourth-order valence-corrected chi connectivity index (χ4v) is 8.22. The fraction of sp³-hybridized carbons (Fsp3) is 0.0278. The Balaban J connectivity index is 1.41. The summed E-state index contributed by atoms with van der Waals surface area (Å²) < 4.78 is 0. The van der Waals surface area contributed by atoms with Crippen molar-refractivity contribution in [2.45, 2.75) is 5.41 Å². The van der Waals surface area contributed by atoms with Crippen LogP contribution in [-0.2, 0) is 5.41 Å². The van der Waals surface area contributed by atoms with E-state index in [2.05, 4.69) is 83.7 Å². The molecular weight excluding hydrogens is 508 g/mol. The highest BCUT2D eigenvalue weighted by Gasteiger charge is 2.52. The van der Waals surface area contributed by atoms with E-state index in [9.17, 15) is 10.1 Å². The molecule has 8 rings (SSSR count). The Kier molecular flexibility index (Phi) is 4.59. The van der Waals surface area contributed by atoms with E-state index >= 15 is 0 Å². The molecule has 0 N–H and O–H groups in total. The standard InChI is InChI=1S/C36H18N2OS/c1-38-32(20-37)33-25-13-2-3-14-26(25)34(39)28(33)19-21-18-27-24-12-6-9-17-31(24)36(35(27)40-21)29-15-7-4-10-22(29)23-11-5-8-16-30(23)36/h2-19H/b28-19-,33-32-. The van der Waals surface area contributed by atoms with Gasteiger partial charge >= 0.3 is 0 Å². The van der Waals surface area contributed by atoms with E-state index in [1.54, 1.807) is 17.4 Å². The summed E-state index contributed by atoms with van der Waals surface area (Å²) in [5, 5.41) is 9.75. The van der Waals surface area contributed by atoms with Crippen molar-refractivity contribution >= 4 is 28.8 Å². The number of rotatable bonds is 1. The summed E-state index contributed by atoms with van der Waals surface area (Å²) in [6, 6.07) is 37.4. The SMILES string of the molecule is [C-]#[N+]/C(C#N)=C1\C(=C\c2cc3c(s2)C2(c4ccccc4-c4ccccc42)c2ccccc2-3)C(=O)c2ccccc21. The van der Waals surface area contributed by atoms with Crippen LogP contribution in [0.25, 0.3) is 38.7 Å². The molecule has 3 nitrogen and oxygen atoms in total. The molecule has 3 aliphatic carbocycles. The highest BCUT2D eigenvalue weighted by Crippen LogP contribution is 2.64. The fourth-order valence-electron chi connectivity index (χ4n) is 6.87. The van der Waals surface area contributed by atoms with E-state index in [1.807, 2.05) is 30.3 Å². The highest BCUT2D eigenvalue weighted by molar-refractivity contribution is 7.13. The van der Waals surface area contributed by atoms with Gasteiger partial charge in [-0.05, 0) is 56.6 Å². The maximum Gasteiger partial charge on any atom is 0.270 e. The van der Waals surface area contributed by atoms with Gasteiger partial charge in [0.25, 0.3) is 5.70 Å². The first-order valence-electron chi connectivity index (χ1n) is 13.0. The van der Waals surface area contributed by atoms with Gasteiger partial charge in [0.05, 0.1) is 18.1 Å². The van der Waals surface area contributed by atoms with Crippen LogP contribution in [0.2, 0.25) is 0 Å². The molecule has 1 aromatic heterocycles. The molecule has 0 aliphatic heterocycles. The number of Topliss-reactive ketones (excluding diaryl/α,β-unsaturated/α-hetero) is 1. The average Bonchev–Trinajstić information content (AvgIpc) is 3.70. The maximum atomic E-state index is 13.6. The van der Waals surface area contributed by atoms with Gasteiger partial charge in [-0.3, -0.25) is 4.79 Å². The molecule has 1 heterocycles. The Bertz CT molecular complexity index is 2050. The largest absolute Gasteiger partial charge is 0.289 e. The summed E-state index contributed by atoms with van der Waals surface area (Å²) in [7, 11) is 0. The number of ketones is 1. The van der Waals surface area contributed by atoms with Crippen molar-refractivity contribution in [2.75, 3.05) is 0 Å². The second-order valence-corrected chi connectivity index (χ2v) is 11.2. The predicted molar refractivity (Wildman–Crippen MR) is 159 cm³/mol. The minimum Gasteiger partial charge on any atom is -0.289 e. The van der Waals surface area contributed by atoms with Gasteiger partial charge in [-0.25, -0.2) is 10.1 Å². The molecular formula is C36H18N2OS. The lowest BCUT2D eigenvalue weighted by Gasteiger charge is -2.29. The smallest absolute Gasteiger partial charge is 0.270 e. The molecule has 5 aromatic rings. The first kappa shape index (κ1) is 22.7. The monoisotopic (exact) mass is 526 g/mol. The number of thiophene rings is 1. The Morgan fingerprint density at radius 3 is 1.80 bits per heavy atom. The van der Waals surface area contributed by atoms with Crippen molar-refractivity contribution in [1.29, 1.82) is 5.26 Å². The van der Waals surface area contributed by atoms with E-state index in [4.69, 9.17) is 6.57 Å². The van der Waals surface area contributed by atoms with Gasteiger partial charge < -0.3 is 0 Å². The van der Waals surface area contributed by atoms with E-state index in [0.29, 0.717) is 22.3 Å². The van der Waals surface area contributed by atoms with E-state index < -0.39 is 5.41 Å². The number of hydrogen-bond acceptors (Lipinski definition) is 3. The lowest BCUT2D eigenvalue weighted by molar-refractivity contribution is 0.104. The average molecular weight is 527 g/mol. The molecule has 0 bridgehead atoms. The second-order valence-electron chi connectivity index (χ2n) is 10.2. The minimum absolute atomic E-state index is 0.0610. The van der Waals surface area contributed by atoms with E-state index in [-0.39, 0.29) is 11.5 Å². The number of carbonyl (C=O) groups is 1. The minimum atomic E-state index is -0.434. The molecule has 0 saturated carbocycles. The molecule has 1 spiro atoms. The Labute approximate surface area is 235 Å². The molecule has 0 atom stereocenters. The third-order valence-corrected chi connectivity index (χ3v) is 9.56. The molecule has 0 saturated heterocycles. The van der Waals surface area contributed by atoms with Crippen LogP contribution in [0, 0.1) is 17.9 Å². The lowest BCUT2D eigenvalue weighted by Crippen LogP contribution is -2.24. The van der Waals surface area contributed by atoms with Crippen LogP contribution >= 0.6 is 11.3 Å². The number of benzene rings is 4. The molecule has 0 unspecified atom stereocenters. The zero-order valence-corrected chi connectivity index (χ0v) is 21.9. The number of carbonyl (C=O) groups excluding carboxylic acids is 1. The summed E-state index contributed by atoms with van der Waals surface area (Å²) >= 11 is 1.69. The van der Waals surface area contributed by atoms with Gasteiger partial charge in [0, 0.05) is 26.5 Å². The number of hydrogen-bond donors (Lipinski definition) is 0. The number of fused-ring (bicyclic) bond motifs is 11. The predicted octanol–water partition coefficient (Wildman–Crippen LogP) is 8.53. The molecule has 4 aromatic carbocycles. The second kappa shape index (κ2) is 8.10. The van der Waals surface area contributed by atoms with Gasteiger partial charge in [0.1, 0.15) is 0 Å². The number of nitrogens with zero attached hydrogens (tertiary/aromatic N) is 2. The number of allylic oxidation sites excluding steroid dienone is 3. The van der Waals surface area contributed by atoms with Crippen LogP contribution in [-0.4, -0.2) is 5.78 Å². The Morgan fingerprint density at radius 2 is 1.25 bits per heavy atom. The molecule has 0 amide bonds.